The van der Waals surface area contributed by atoms with Crippen LogP contribution in [0.2, 0.25) is 0 Å². The van der Waals surface area contributed by atoms with Gasteiger partial charge in [0.05, 0.1) is 12.2 Å². The topological polar surface area (TPSA) is 194 Å². The number of ether oxygens (including phenoxy) is 2. The van der Waals surface area contributed by atoms with Crippen molar-refractivity contribution < 1.29 is 54.8 Å². The van der Waals surface area contributed by atoms with Crippen LogP contribution in [-0.2, 0) is 19.1 Å². The molecule has 7 N–H and O–H groups in total. The second kappa shape index (κ2) is 9.73. The lowest BCUT2D eigenvalue weighted by Crippen LogP contribution is -2.63. The van der Waals surface area contributed by atoms with Crippen molar-refractivity contribution >= 4 is 11.8 Å². The van der Waals surface area contributed by atoms with Crippen molar-refractivity contribution in [1.82, 2.24) is 0 Å². The minimum Gasteiger partial charge on any atom is -0.479 e. The zero-order valence-electron chi connectivity index (χ0n) is 22.0. The first kappa shape index (κ1) is 28.4. The Morgan fingerprint density at radius 3 is 2.34 bits per heavy atom. The van der Waals surface area contributed by atoms with Gasteiger partial charge in [-0.1, -0.05) is 13.8 Å². The molecule has 5 fully saturated rings. The number of aliphatic hydroxyl groups excluding tert-OH is 5. The number of hydrogen-bond donors (Lipinski definition) is 7. The fourth-order valence-corrected chi connectivity index (χ4v) is 9.29. The standard InChI is InChI=1S/C27H42O11/c1-25-7-5-13(28)9-12(25)3-4-14-15-6-8-27(36,26(15,2)10-16(29)18(14)25)17(30)11-37-24-21(33)19(31)20(32)22(38-24)23(34)35/h12-16,18-22,24,28-29,31-33,36H,3-11H2,1-2H3,(H,34,35)/t12-,13-,14+,15+,16-,18-,19-,20+,21-,22-,24+,25+,26+,27+/m1/s1. The van der Waals surface area contributed by atoms with E-state index in [4.69, 9.17) is 9.47 Å². The summed E-state index contributed by atoms with van der Waals surface area (Å²) < 4.78 is 10.5. The molecule has 0 unspecified atom stereocenters. The average molecular weight is 543 g/mol. The van der Waals surface area contributed by atoms with E-state index >= 15 is 0 Å². The smallest absolute Gasteiger partial charge is 0.335 e. The van der Waals surface area contributed by atoms with Gasteiger partial charge in [-0.05, 0) is 80.5 Å². The maximum absolute atomic E-state index is 13.5. The fourth-order valence-electron chi connectivity index (χ4n) is 9.29. The Balaban J connectivity index is 1.32. The predicted octanol–water partition coefficient (Wildman–Crippen LogP) is -0.430. The van der Waals surface area contributed by atoms with Gasteiger partial charge in [-0.25, -0.2) is 4.79 Å². The molecule has 1 aliphatic heterocycles. The average Bonchev–Trinajstić information content (AvgIpc) is 3.13. The number of aliphatic carboxylic acids is 1. The summed E-state index contributed by atoms with van der Waals surface area (Å²) in [6.45, 7) is 3.39. The van der Waals surface area contributed by atoms with E-state index in [-0.39, 0.29) is 42.1 Å². The van der Waals surface area contributed by atoms with E-state index in [1.165, 1.54) is 0 Å². The van der Waals surface area contributed by atoms with Crippen LogP contribution < -0.4 is 0 Å². The Kier molecular flexibility index (Phi) is 7.26. The Morgan fingerprint density at radius 1 is 0.947 bits per heavy atom. The number of rotatable bonds is 5. The molecule has 11 heteroatoms. The van der Waals surface area contributed by atoms with Crippen molar-refractivity contribution in [3.05, 3.63) is 0 Å². The van der Waals surface area contributed by atoms with Crippen molar-refractivity contribution in [3.63, 3.8) is 0 Å². The van der Waals surface area contributed by atoms with Crippen molar-refractivity contribution in [2.75, 3.05) is 6.61 Å². The number of carboxylic acid groups (broad SMARTS) is 1. The lowest BCUT2D eigenvalue weighted by Gasteiger charge is -2.62. The van der Waals surface area contributed by atoms with E-state index in [1.807, 2.05) is 6.92 Å². The molecule has 0 aromatic rings. The monoisotopic (exact) mass is 542 g/mol. The predicted molar refractivity (Wildman–Crippen MR) is 129 cm³/mol. The van der Waals surface area contributed by atoms with Crippen LogP contribution in [-0.4, -0.2) is 103 Å². The lowest BCUT2D eigenvalue weighted by molar-refractivity contribution is -0.293. The number of carboxylic acids is 1. The highest BCUT2D eigenvalue weighted by Gasteiger charge is 2.68. The Hall–Kier alpha value is -1.18. The molecule has 0 radical (unpaired) electrons. The summed E-state index contributed by atoms with van der Waals surface area (Å²) in [7, 11) is 0. The van der Waals surface area contributed by atoms with E-state index in [2.05, 4.69) is 6.92 Å². The normalized spacial score (nSPS) is 54.5. The third-order valence-electron chi connectivity index (χ3n) is 11.4. The zero-order valence-corrected chi connectivity index (χ0v) is 22.0. The van der Waals surface area contributed by atoms with Crippen molar-refractivity contribution in [1.29, 1.82) is 0 Å². The van der Waals surface area contributed by atoms with E-state index < -0.39 is 66.2 Å². The highest BCUT2D eigenvalue weighted by Crippen LogP contribution is 2.68. The lowest BCUT2D eigenvalue weighted by atomic mass is 9.43. The molecule has 0 aromatic carbocycles. The Morgan fingerprint density at radius 2 is 1.66 bits per heavy atom. The molecule has 5 aliphatic rings. The molecule has 5 rings (SSSR count). The molecule has 4 saturated carbocycles. The second-order valence-corrected chi connectivity index (χ2v) is 13.1. The summed E-state index contributed by atoms with van der Waals surface area (Å²) in [6.07, 6.45) is -4.90. The fraction of sp³-hybridized carbons (Fsp3) is 0.926. The molecule has 1 heterocycles. The van der Waals surface area contributed by atoms with Crippen molar-refractivity contribution in [2.24, 2.45) is 34.5 Å². The van der Waals surface area contributed by atoms with Crippen LogP contribution in [0.1, 0.15) is 65.2 Å². The molecule has 0 bridgehead atoms. The van der Waals surface area contributed by atoms with Crippen LogP contribution in [0.4, 0.5) is 0 Å². The van der Waals surface area contributed by atoms with Crippen LogP contribution >= 0.6 is 0 Å². The number of aliphatic hydroxyl groups is 6. The molecule has 0 aromatic heterocycles. The van der Waals surface area contributed by atoms with Gasteiger partial charge in [0.1, 0.15) is 30.5 Å². The van der Waals surface area contributed by atoms with Gasteiger partial charge < -0.3 is 45.2 Å². The van der Waals surface area contributed by atoms with Crippen molar-refractivity contribution in [3.8, 4) is 0 Å². The second-order valence-electron chi connectivity index (χ2n) is 13.1. The molecule has 0 amide bonds. The molecule has 11 nitrogen and oxygen atoms in total. The quantitative estimate of drug-likeness (QED) is 0.238. The molecular formula is C27H42O11. The van der Waals surface area contributed by atoms with E-state index in [9.17, 15) is 45.3 Å². The number of hydrogen-bond acceptors (Lipinski definition) is 10. The number of Topliss-reactive ketones (excluding diaryl/α,β-unsaturated/α-hetero) is 1. The highest BCUT2D eigenvalue weighted by molar-refractivity contribution is 5.89. The first-order chi connectivity index (χ1) is 17.7. The minimum atomic E-state index is -1.88. The molecule has 38 heavy (non-hydrogen) atoms. The van der Waals surface area contributed by atoms with Gasteiger partial charge in [0.25, 0.3) is 0 Å². The van der Waals surface area contributed by atoms with Crippen LogP contribution in [0, 0.1) is 34.5 Å². The molecule has 0 spiro atoms. The maximum atomic E-state index is 13.5. The number of carbonyl (C=O) groups excluding carboxylic acids is 1. The van der Waals surface area contributed by atoms with E-state index in [0.29, 0.717) is 18.8 Å². The van der Waals surface area contributed by atoms with E-state index in [1.54, 1.807) is 0 Å². The summed E-state index contributed by atoms with van der Waals surface area (Å²) in [5.74, 6) is -1.69. The molecule has 4 aliphatic carbocycles. The van der Waals surface area contributed by atoms with Crippen LogP contribution in [0.5, 0.6) is 0 Å². The highest BCUT2D eigenvalue weighted by atomic mass is 16.7. The summed E-state index contributed by atoms with van der Waals surface area (Å²) in [6, 6.07) is 0. The first-order valence-electron chi connectivity index (χ1n) is 13.9. The third-order valence-corrected chi connectivity index (χ3v) is 11.4. The van der Waals surface area contributed by atoms with Gasteiger partial charge in [0, 0.05) is 5.41 Å². The Labute approximate surface area is 221 Å². The molecule has 14 atom stereocenters. The van der Waals surface area contributed by atoms with Gasteiger partial charge >= 0.3 is 5.97 Å². The number of ketones is 1. The van der Waals surface area contributed by atoms with Gasteiger partial charge in [0.15, 0.2) is 18.2 Å². The summed E-state index contributed by atoms with van der Waals surface area (Å²) in [4.78, 5) is 24.8. The van der Waals surface area contributed by atoms with Gasteiger partial charge in [-0.15, -0.1) is 0 Å². The largest absolute Gasteiger partial charge is 0.479 e. The van der Waals surface area contributed by atoms with Crippen LogP contribution in [0.3, 0.4) is 0 Å². The Bertz CT molecular complexity index is 944. The summed E-state index contributed by atoms with van der Waals surface area (Å²) in [5, 5.41) is 72.9. The van der Waals surface area contributed by atoms with Gasteiger partial charge in [-0.3, -0.25) is 4.79 Å². The minimum absolute atomic E-state index is 0.0133. The van der Waals surface area contributed by atoms with Crippen LogP contribution in [0.25, 0.3) is 0 Å². The molecule has 1 saturated heterocycles. The van der Waals surface area contributed by atoms with Crippen LogP contribution in [0.15, 0.2) is 0 Å². The zero-order chi connectivity index (χ0) is 27.8. The maximum Gasteiger partial charge on any atom is 0.335 e. The summed E-state index contributed by atoms with van der Waals surface area (Å²) in [5.41, 5.74) is -2.80. The number of fused-ring (bicyclic) bond motifs is 5. The molecular weight excluding hydrogens is 500 g/mol. The van der Waals surface area contributed by atoms with Gasteiger partial charge in [0.2, 0.25) is 0 Å². The third kappa shape index (κ3) is 4.08. The molecule has 216 valence electrons. The first-order valence-corrected chi connectivity index (χ1v) is 13.9. The van der Waals surface area contributed by atoms with Gasteiger partial charge in [-0.2, -0.15) is 0 Å². The summed E-state index contributed by atoms with van der Waals surface area (Å²) >= 11 is 0. The van der Waals surface area contributed by atoms with E-state index in [0.717, 1.165) is 25.7 Å². The SMILES string of the molecule is C[C@]12CC[C@@H](O)C[C@H]1CC[C@@H]1[C@@H]2[C@H](O)C[C@@]2(C)[C@H]1CC[C@]2(O)C(=O)CO[C@H]1O[C@@H](C(=O)O)[C@@H](O)[C@@H](O)[C@H]1O. The van der Waals surface area contributed by atoms with Crippen molar-refractivity contribution in [2.45, 2.75) is 114 Å². The number of carbonyl (C=O) groups is 2.